The van der Waals surface area contributed by atoms with E-state index in [4.69, 9.17) is 9.40 Å². The number of aromatic nitrogens is 1. The maximum absolute atomic E-state index is 6.26. The predicted octanol–water partition coefficient (Wildman–Crippen LogP) is 10.3. The monoisotopic (exact) mass is 513 g/mol. The van der Waals surface area contributed by atoms with Crippen molar-refractivity contribution in [2.45, 2.75) is 19.3 Å². The smallest absolute Gasteiger partial charge is 0.135 e. The first kappa shape index (κ1) is 23.0. The quantitative estimate of drug-likeness (QED) is 0.235. The van der Waals surface area contributed by atoms with E-state index in [1.807, 2.05) is 18.2 Å². The van der Waals surface area contributed by atoms with E-state index in [-0.39, 0.29) is 5.41 Å². The van der Waals surface area contributed by atoms with Gasteiger partial charge in [0, 0.05) is 27.3 Å². The van der Waals surface area contributed by atoms with Crippen LogP contribution in [0.1, 0.15) is 25.0 Å². The molecule has 0 atom stereocenters. The highest BCUT2D eigenvalue weighted by atomic mass is 16.3. The molecule has 0 bridgehead atoms. The Morgan fingerprint density at radius 2 is 1.12 bits per heavy atom. The SMILES string of the molecule is CC1(C)c2cc(-c3cc(-c4ccccc4)cc(-c4ccccc4)n3)ccc2-c2cc3c(cc21)oc1ccccc13. The van der Waals surface area contributed by atoms with E-state index in [9.17, 15) is 0 Å². The van der Waals surface area contributed by atoms with Gasteiger partial charge in [0.15, 0.2) is 0 Å². The second-order valence-electron chi connectivity index (χ2n) is 11.2. The number of fused-ring (bicyclic) bond motifs is 6. The van der Waals surface area contributed by atoms with Gasteiger partial charge in [-0.25, -0.2) is 4.98 Å². The Kier molecular flexibility index (Phi) is 4.90. The maximum atomic E-state index is 6.26. The summed E-state index contributed by atoms with van der Waals surface area (Å²) in [5.41, 5.74) is 13.5. The van der Waals surface area contributed by atoms with Crippen molar-refractivity contribution < 1.29 is 4.42 Å². The van der Waals surface area contributed by atoms with Gasteiger partial charge < -0.3 is 4.42 Å². The zero-order valence-corrected chi connectivity index (χ0v) is 22.5. The second-order valence-corrected chi connectivity index (χ2v) is 11.2. The lowest BCUT2D eigenvalue weighted by Gasteiger charge is -2.22. The van der Waals surface area contributed by atoms with Crippen molar-refractivity contribution in [3.63, 3.8) is 0 Å². The van der Waals surface area contributed by atoms with Crippen LogP contribution in [0.25, 0.3) is 66.7 Å². The molecule has 0 radical (unpaired) electrons. The summed E-state index contributed by atoms with van der Waals surface area (Å²) in [4.78, 5) is 5.18. The predicted molar refractivity (Wildman–Crippen MR) is 165 cm³/mol. The molecule has 40 heavy (non-hydrogen) atoms. The van der Waals surface area contributed by atoms with Crippen LogP contribution in [0.5, 0.6) is 0 Å². The number of nitrogens with zero attached hydrogens (tertiary/aromatic N) is 1. The van der Waals surface area contributed by atoms with Gasteiger partial charge in [-0.3, -0.25) is 0 Å². The molecule has 0 unspecified atom stereocenters. The summed E-state index contributed by atoms with van der Waals surface area (Å²) in [5, 5.41) is 2.34. The minimum atomic E-state index is -0.160. The molecule has 2 aromatic heterocycles. The van der Waals surface area contributed by atoms with Crippen LogP contribution < -0.4 is 0 Å². The summed E-state index contributed by atoms with van der Waals surface area (Å²) in [5.74, 6) is 0. The fourth-order valence-corrected chi connectivity index (χ4v) is 6.34. The Labute approximate surface area is 233 Å². The van der Waals surface area contributed by atoms with Gasteiger partial charge in [-0.05, 0) is 69.8 Å². The largest absolute Gasteiger partial charge is 0.456 e. The molecule has 0 fully saturated rings. The van der Waals surface area contributed by atoms with Crippen molar-refractivity contribution in [3.8, 4) is 44.8 Å². The summed E-state index contributed by atoms with van der Waals surface area (Å²) in [6.45, 7) is 4.64. The van der Waals surface area contributed by atoms with Gasteiger partial charge >= 0.3 is 0 Å². The van der Waals surface area contributed by atoms with Crippen LogP contribution in [0.4, 0.5) is 0 Å². The lowest BCUT2D eigenvalue weighted by atomic mass is 9.81. The van der Waals surface area contributed by atoms with Gasteiger partial charge in [0.1, 0.15) is 11.2 Å². The van der Waals surface area contributed by atoms with Crippen LogP contribution in [0.2, 0.25) is 0 Å². The van der Waals surface area contributed by atoms with E-state index in [0.717, 1.165) is 33.7 Å². The first-order chi connectivity index (χ1) is 19.6. The first-order valence-corrected chi connectivity index (χ1v) is 13.8. The zero-order valence-electron chi connectivity index (χ0n) is 22.5. The Balaban J connectivity index is 1.31. The van der Waals surface area contributed by atoms with E-state index < -0.39 is 0 Å². The summed E-state index contributed by atoms with van der Waals surface area (Å²) < 4.78 is 6.26. The van der Waals surface area contributed by atoms with E-state index >= 15 is 0 Å². The molecular formula is C38H27NO. The minimum absolute atomic E-state index is 0.160. The molecule has 0 N–H and O–H groups in total. The summed E-state index contributed by atoms with van der Waals surface area (Å²) in [6, 6.07) is 45.2. The fraction of sp³-hybridized carbons (Fsp3) is 0.0789. The number of hydrogen-bond acceptors (Lipinski definition) is 2. The average Bonchev–Trinajstić information content (AvgIpc) is 3.48. The maximum Gasteiger partial charge on any atom is 0.135 e. The van der Waals surface area contributed by atoms with E-state index in [1.165, 1.54) is 44.2 Å². The summed E-state index contributed by atoms with van der Waals surface area (Å²) >= 11 is 0. The van der Waals surface area contributed by atoms with E-state index in [1.54, 1.807) is 0 Å². The zero-order chi connectivity index (χ0) is 26.8. The lowest BCUT2D eigenvalue weighted by Crippen LogP contribution is -2.15. The Morgan fingerprint density at radius 1 is 0.475 bits per heavy atom. The van der Waals surface area contributed by atoms with Crippen molar-refractivity contribution in [2.24, 2.45) is 0 Å². The summed E-state index contributed by atoms with van der Waals surface area (Å²) in [6.07, 6.45) is 0. The molecule has 0 saturated carbocycles. The van der Waals surface area contributed by atoms with Crippen molar-refractivity contribution >= 4 is 21.9 Å². The molecule has 7 aromatic rings. The topological polar surface area (TPSA) is 26.0 Å². The van der Waals surface area contributed by atoms with Crippen LogP contribution in [-0.4, -0.2) is 4.98 Å². The highest BCUT2D eigenvalue weighted by molar-refractivity contribution is 6.07. The number of furan rings is 1. The van der Waals surface area contributed by atoms with Crippen LogP contribution in [0.15, 0.2) is 132 Å². The normalized spacial score (nSPS) is 13.4. The van der Waals surface area contributed by atoms with Gasteiger partial charge in [0.25, 0.3) is 0 Å². The molecule has 0 amide bonds. The standard InChI is InChI=1S/C38H27NO/c1-38(2)32-19-26(17-18-28(32)30-22-31-29-15-9-10-16-36(29)40-37(31)23-33(30)38)35-21-27(24-11-5-3-6-12-24)20-34(39-35)25-13-7-4-8-14-25/h3-23H,1-2H3. The number of rotatable bonds is 3. The average molecular weight is 514 g/mol. The Morgan fingerprint density at radius 3 is 1.90 bits per heavy atom. The first-order valence-electron chi connectivity index (χ1n) is 13.8. The summed E-state index contributed by atoms with van der Waals surface area (Å²) in [7, 11) is 0. The van der Waals surface area contributed by atoms with Crippen LogP contribution in [0.3, 0.4) is 0 Å². The van der Waals surface area contributed by atoms with Gasteiger partial charge in [0.05, 0.1) is 11.4 Å². The minimum Gasteiger partial charge on any atom is -0.456 e. The van der Waals surface area contributed by atoms with Crippen molar-refractivity contribution in [1.82, 2.24) is 4.98 Å². The highest BCUT2D eigenvalue weighted by Gasteiger charge is 2.36. The van der Waals surface area contributed by atoms with Gasteiger partial charge in [-0.15, -0.1) is 0 Å². The molecule has 0 aliphatic heterocycles. The number of pyridine rings is 1. The third-order valence-electron chi connectivity index (χ3n) is 8.47. The molecule has 2 nitrogen and oxygen atoms in total. The third kappa shape index (κ3) is 3.46. The number of para-hydroxylation sites is 1. The third-order valence-corrected chi connectivity index (χ3v) is 8.47. The molecule has 8 rings (SSSR count). The molecule has 2 heteroatoms. The molecule has 5 aromatic carbocycles. The van der Waals surface area contributed by atoms with Crippen LogP contribution >= 0.6 is 0 Å². The number of hydrogen-bond donors (Lipinski definition) is 0. The van der Waals surface area contributed by atoms with Gasteiger partial charge in [-0.1, -0.05) is 105 Å². The van der Waals surface area contributed by atoms with Crippen molar-refractivity contribution in [1.29, 1.82) is 0 Å². The highest BCUT2D eigenvalue weighted by Crippen LogP contribution is 2.51. The molecule has 0 spiro atoms. The fourth-order valence-electron chi connectivity index (χ4n) is 6.34. The van der Waals surface area contributed by atoms with E-state index in [2.05, 4.69) is 123 Å². The Hall–Kier alpha value is -4.95. The van der Waals surface area contributed by atoms with Crippen molar-refractivity contribution in [2.75, 3.05) is 0 Å². The van der Waals surface area contributed by atoms with Gasteiger partial charge in [-0.2, -0.15) is 0 Å². The molecule has 1 aliphatic carbocycles. The van der Waals surface area contributed by atoms with Crippen molar-refractivity contribution in [3.05, 3.63) is 139 Å². The molecule has 190 valence electrons. The van der Waals surface area contributed by atoms with Gasteiger partial charge in [0.2, 0.25) is 0 Å². The molecule has 0 saturated heterocycles. The molecule has 1 aliphatic rings. The van der Waals surface area contributed by atoms with Crippen LogP contribution in [-0.2, 0) is 5.41 Å². The van der Waals surface area contributed by atoms with E-state index in [0.29, 0.717) is 0 Å². The second kappa shape index (κ2) is 8.53. The Bertz CT molecular complexity index is 2010. The van der Waals surface area contributed by atoms with Crippen LogP contribution in [0, 0.1) is 0 Å². The molecule has 2 heterocycles. The lowest BCUT2D eigenvalue weighted by molar-refractivity contribution is 0.647. The molecular weight excluding hydrogens is 486 g/mol. The number of benzene rings is 5.